The molecule has 30 heavy (non-hydrogen) atoms. The van der Waals surface area contributed by atoms with E-state index in [-0.39, 0.29) is 36.4 Å². The van der Waals surface area contributed by atoms with Gasteiger partial charge in [-0.3, -0.25) is 14.2 Å². The highest BCUT2D eigenvalue weighted by atomic mass is 79.9. The van der Waals surface area contributed by atoms with Crippen LogP contribution in [0.25, 0.3) is 0 Å². The second kappa shape index (κ2) is 10.4. The van der Waals surface area contributed by atoms with Gasteiger partial charge in [0.15, 0.2) is 5.75 Å². The molecule has 2 rings (SSSR count). The lowest BCUT2D eigenvalue weighted by Crippen LogP contribution is -2.30. The van der Waals surface area contributed by atoms with Crippen molar-refractivity contribution in [3.8, 4) is 17.2 Å². The smallest absolute Gasteiger partial charge is 0.325 e. The van der Waals surface area contributed by atoms with Crippen molar-refractivity contribution in [2.75, 3.05) is 19.8 Å². The lowest BCUT2D eigenvalue weighted by Gasteiger charge is -2.14. The second-order valence-electron chi connectivity index (χ2n) is 6.37. The van der Waals surface area contributed by atoms with E-state index in [1.807, 2.05) is 0 Å². The van der Waals surface area contributed by atoms with Gasteiger partial charge in [-0.05, 0) is 74.7 Å². The fraction of sp³-hybridized carbons (Fsp3) is 0.263. The Labute approximate surface area is 190 Å². The molecule has 11 heteroatoms. The SMILES string of the molecule is CCOC(=O)CNC(=O)c1cc(Oc2c(Br)cc(CP(C)(=O)O)cc2Br)ccc1O. The van der Waals surface area contributed by atoms with Crippen LogP contribution in [0.3, 0.4) is 0 Å². The predicted octanol–water partition coefficient (Wildman–Crippen LogP) is 4.40. The molecule has 0 radical (unpaired) electrons. The molecule has 0 aliphatic rings. The van der Waals surface area contributed by atoms with E-state index >= 15 is 0 Å². The summed E-state index contributed by atoms with van der Waals surface area (Å²) in [7, 11) is -3.24. The predicted molar refractivity (Wildman–Crippen MR) is 118 cm³/mol. The number of rotatable bonds is 8. The Kier molecular flexibility index (Phi) is 8.49. The van der Waals surface area contributed by atoms with Crippen molar-refractivity contribution in [1.29, 1.82) is 0 Å². The molecular weight excluding hydrogens is 545 g/mol. The van der Waals surface area contributed by atoms with E-state index in [1.165, 1.54) is 24.9 Å². The highest BCUT2D eigenvalue weighted by molar-refractivity contribution is 9.11. The number of aromatic hydroxyl groups is 1. The van der Waals surface area contributed by atoms with Gasteiger partial charge < -0.3 is 24.8 Å². The van der Waals surface area contributed by atoms with Crippen LogP contribution in [0.5, 0.6) is 17.2 Å². The first kappa shape index (κ1) is 24.4. The van der Waals surface area contributed by atoms with Gasteiger partial charge in [0.1, 0.15) is 18.0 Å². The van der Waals surface area contributed by atoms with Gasteiger partial charge in [0.2, 0.25) is 7.37 Å². The summed E-state index contributed by atoms with van der Waals surface area (Å²) < 4.78 is 23.3. The number of nitrogens with one attached hydrogen (secondary N) is 1. The van der Waals surface area contributed by atoms with E-state index in [4.69, 9.17) is 9.47 Å². The molecular formula is C19H20Br2NO7P. The van der Waals surface area contributed by atoms with Crippen molar-refractivity contribution in [3.05, 3.63) is 50.4 Å². The van der Waals surface area contributed by atoms with Crippen LogP contribution < -0.4 is 10.1 Å². The summed E-state index contributed by atoms with van der Waals surface area (Å²) in [5.41, 5.74) is 0.562. The standard InChI is InChI=1S/C19H20Br2NO7P/c1-3-28-17(24)9-22-19(25)13-8-12(4-5-16(13)23)29-18-14(20)6-11(7-15(18)21)10-30(2,26)27/h4-8,23H,3,9-10H2,1-2H3,(H,22,25)(H,26,27). The maximum atomic E-state index is 12.3. The molecule has 2 aromatic carbocycles. The van der Waals surface area contributed by atoms with Crippen LogP contribution in [-0.2, 0) is 20.3 Å². The minimum absolute atomic E-state index is 0.00841. The van der Waals surface area contributed by atoms with Crippen LogP contribution in [0.1, 0.15) is 22.8 Å². The number of carbonyl (C=O) groups is 2. The lowest BCUT2D eigenvalue weighted by molar-refractivity contribution is -0.141. The normalized spacial score (nSPS) is 12.7. The number of esters is 1. The van der Waals surface area contributed by atoms with Crippen LogP contribution in [0.2, 0.25) is 0 Å². The van der Waals surface area contributed by atoms with E-state index in [2.05, 4.69) is 37.2 Å². The summed E-state index contributed by atoms with van der Waals surface area (Å²) in [6.07, 6.45) is 0.00841. The van der Waals surface area contributed by atoms with E-state index in [0.717, 1.165) is 0 Å². The van der Waals surface area contributed by atoms with Crippen LogP contribution >= 0.6 is 39.2 Å². The number of phenols is 1. The molecule has 0 bridgehead atoms. The van der Waals surface area contributed by atoms with Crippen molar-refractivity contribution in [2.45, 2.75) is 13.1 Å². The number of ether oxygens (including phenoxy) is 2. The van der Waals surface area contributed by atoms with Gasteiger partial charge in [0.25, 0.3) is 5.91 Å². The van der Waals surface area contributed by atoms with Crippen molar-refractivity contribution in [3.63, 3.8) is 0 Å². The van der Waals surface area contributed by atoms with Crippen LogP contribution in [0.15, 0.2) is 39.3 Å². The fourth-order valence-corrected chi connectivity index (χ4v) is 4.78. The van der Waals surface area contributed by atoms with Crippen molar-refractivity contribution >= 4 is 51.1 Å². The molecule has 162 valence electrons. The third kappa shape index (κ3) is 7.12. The highest BCUT2D eigenvalue weighted by Crippen LogP contribution is 2.44. The summed E-state index contributed by atoms with van der Waals surface area (Å²) >= 11 is 6.75. The van der Waals surface area contributed by atoms with E-state index in [0.29, 0.717) is 20.3 Å². The molecule has 0 aromatic heterocycles. The van der Waals surface area contributed by atoms with Gasteiger partial charge in [0, 0.05) is 12.8 Å². The number of amides is 1. The third-order valence-electron chi connectivity index (χ3n) is 3.67. The molecule has 0 saturated carbocycles. The Hall–Kier alpha value is -1.87. The fourth-order valence-electron chi connectivity index (χ4n) is 2.48. The molecule has 1 atom stereocenters. The zero-order valence-electron chi connectivity index (χ0n) is 16.1. The van der Waals surface area contributed by atoms with Gasteiger partial charge in [-0.2, -0.15) is 0 Å². The summed E-state index contributed by atoms with van der Waals surface area (Å²) in [6, 6.07) is 7.43. The summed E-state index contributed by atoms with van der Waals surface area (Å²) in [4.78, 5) is 33.3. The number of hydrogen-bond acceptors (Lipinski definition) is 6. The van der Waals surface area contributed by atoms with Crippen molar-refractivity contribution in [1.82, 2.24) is 5.32 Å². The molecule has 1 amide bonds. The van der Waals surface area contributed by atoms with Gasteiger partial charge >= 0.3 is 5.97 Å². The van der Waals surface area contributed by atoms with Gasteiger partial charge in [-0.25, -0.2) is 0 Å². The molecule has 8 nitrogen and oxygen atoms in total. The molecule has 0 spiro atoms. The highest BCUT2D eigenvalue weighted by Gasteiger charge is 2.18. The first-order chi connectivity index (χ1) is 14.0. The Morgan fingerprint density at radius 3 is 2.37 bits per heavy atom. The number of hydrogen-bond donors (Lipinski definition) is 3. The molecule has 3 N–H and O–H groups in total. The van der Waals surface area contributed by atoms with Gasteiger partial charge in [-0.1, -0.05) is 0 Å². The zero-order valence-corrected chi connectivity index (χ0v) is 20.2. The monoisotopic (exact) mass is 563 g/mol. The molecule has 1 unspecified atom stereocenters. The average molecular weight is 565 g/mol. The van der Waals surface area contributed by atoms with Crippen LogP contribution in [0.4, 0.5) is 0 Å². The Balaban J connectivity index is 2.22. The van der Waals surface area contributed by atoms with Gasteiger partial charge in [-0.15, -0.1) is 0 Å². The largest absolute Gasteiger partial charge is 0.507 e. The summed E-state index contributed by atoms with van der Waals surface area (Å²) in [5, 5.41) is 12.4. The van der Waals surface area contributed by atoms with Crippen LogP contribution in [-0.4, -0.2) is 41.7 Å². The Bertz CT molecular complexity index is 983. The molecule has 0 fully saturated rings. The number of carbonyl (C=O) groups excluding carboxylic acids is 2. The Morgan fingerprint density at radius 2 is 1.80 bits per heavy atom. The topological polar surface area (TPSA) is 122 Å². The van der Waals surface area contributed by atoms with Crippen molar-refractivity contribution in [2.24, 2.45) is 0 Å². The van der Waals surface area contributed by atoms with Gasteiger partial charge in [0.05, 0.1) is 21.1 Å². The van der Waals surface area contributed by atoms with Crippen molar-refractivity contribution < 1.29 is 33.6 Å². The first-order valence-corrected chi connectivity index (χ1v) is 12.6. The Morgan fingerprint density at radius 1 is 1.17 bits per heavy atom. The maximum absolute atomic E-state index is 12.3. The number of halogens is 2. The van der Waals surface area contributed by atoms with E-state index < -0.39 is 19.2 Å². The minimum atomic E-state index is -3.24. The summed E-state index contributed by atoms with van der Waals surface area (Å²) in [5.74, 6) is -0.900. The molecule has 2 aromatic rings. The maximum Gasteiger partial charge on any atom is 0.325 e. The van der Waals surface area contributed by atoms with E-state index in [1.54, 1.807) is 19.1 Å². The summed E-state index contributed by atoms with van der Waals surface area (Å²) in [6.45, 7) is 2.80. The number of benzene rings is 2. The molecule has 0 heterocycles. The minimum Gasteiger partial charge on any atom is -0.507 e. The zero-order chi connectivity index (χ0) is 22.5. The van der Waals surface area contributed by atoms with E-state index in [9.17, 15) is 24.2 Å². The average Bonchev–Trinajstić information content (AvgIpc) is 2.63. The third-order valence-corrected chi connectivity index (χ3v) is 5.80. The number of phenolic OH excluding ortho intramolecular Hbond substituents is 1. The molecule has 0 aliphatic heterocycles. The second-order valence-corrected chi connectivity index (χ2v) is 10.5. The molecule has 0 saturated heterocycles. The lowest BCUT2D eigenvalue weighted by atomic mass is 10.1. The van der Waals surface area contributed by atoms with Crippen LogP contribution in [0, 0.1) is 0 Å². The molecule has 0 aliphatic carbocycles. The first-order valence-electron chi connectivity index (χ1n) is 8.72. The quantitative estimate of drug-likeness (QED) is 0.321.